The first kappa shape index (κ1) is 19.9. The third kappa shape index (κ3) is 4.54. The van der Waals surface area contributed by atoms with Crippen LogP contribution >= 0.6 is 11.8 Å². The molecule has 1 heterocycles. The van der Waals surface area contributed by atoms with Crippen molar-refractivity contribution in [2.45, 2.75) is 13.8 Å². The number of rotatable bonds is 6. The number of fused-ring (bicyclic) bond motifs is 1. The Balaban J connectivity index is 1.53. The number of benzene rings is 2. The number of nitrogens with one attached hydrogen (secondary N) is 1. The molecule has 0 bridgehead atoms. The van der Waals surface area contributed by atoms with E-state index in [2.05, 4.69) is 5.32 Å². The monoisotopic (exact) mass is 398 g/mol. The van der Waals surface area contributed by atoms with Crippen LogP contribution in [0.5, 0.6) is 5.75 Å². The molecule has 0 radical (unpaired) electrons. The molecule has 0 saturated carbocycles. The number of hydrogen-bond acceptors (Lipinski definition) is 5. The van der Waals surface area contributed by atoms with Crippen LogP contribution in [0, 0.1) is 13.8 Å². The highest BCUT2D eigenvalue weighted by Crippen LogP contribution is 2.32. The average molecular weight is 398 g/mol. The summed E-state index contributed by atoms with van der Waals surface area (Å²) in [6.07, 6.45) is 0. The molecule has 0 unspecified atom stereocenters. The molecule has 0 aliphatic carbocycles. The number of likely N-dealkylation sites (N-methyl/N-ethyl adjacent to an activating group) is 1. The van der Waals surface area contributed by atoms with Gasteiger partial charge in [-0.15, -0.1) is 11.8 Å². The molecule has 2 aromatic rings. The Labute approximate surface area is 168 Å². The summed E-state index contributed by atoms with van der Waals surface area (Å²) < 4.78 is 5.37. The lowest BCUT2D eigenvalue weighted by atomic mass is 10.1. The zero-order valence-corrected chi connectivity index (χ0v) is 16.9. The van der Waals surface area contributed by atoms with Crippen LogP contribution in [0.4, 0.5) is 11.4 Å². The zero-order valence-electron chi connectivity index (χ0n) is 16.1. The maximum Gasteiger partial charge on any atom is 0.264 e. The third-order valence-corrected chi connectivity index (χ3v) is 5.56. The highest BCUT2D eigenvalue weighted by molar-refractivity contribution is 8.00. The van der Waals surface area contributed by atoms with Crippen LogP contribution < -0.4 is 15.0 Å². The number of thioether (sulfide) groups is 1. The predicted octanol–water partition coefficient (Wildman–Crippen LogP) is 3.21. The van der Waals surface area contributed by atoms with Crippen LogP contribution in [-0.2, 0) is 9.59 Å². The van der Waals surface area contributed by atoms with Gasteiger partial charge in [0, 0.05) is 18.3 Å². The molecule has 28 heavy (non-hydrogen) atoms. The van der Waals surface area contributed by atoms with Crippen molar-refractivity contribution in [3.63, 3.8) is 0 Å². The number of Topliss-reactive ketones (excluding diaryl/α,β-unsaturated/α-hetero) is 1. The first-order chi connectivity index (χ1) is 13.3. The Kier molecular flexibility index (Phi) is 6.04. The minimum Gasteiger partial charge on any atom is -0.482 e. The quantitative estimate of drug-likeness (QED) is 0.756. The Morgan fingerprint density at radius 1 is 1.11 bits per heavy atom. The van der Waals surface area contributed by atoms with Crippen LogP contribution in [0.2, 0.25) is 0 Å². The molecule has 0 spiro atoms. The molecule has 1 aliphatic heterocycles. The second-order valence-electron chi connectivity index (χ2n) is 6.69. The summed E-state index contributed by atoms with van der Waals surface area (Å²) in [4.78, 5) is 37.8. The SMILES string of the molecule is Cc1ccc(NC(=O)CSCC(=O)c2ccc3c(c2)N(C)C(=O)CO3)cc1C. The molecule has 2 aromatic carbocycles. The van der Waals surface area contributed by atoms with Gasteiger partial charge in [-0.25, -0.2) is 0 Å². The normalized spacial score (nSPS) is 13.0. The number of aryl methyl sites for hydroxylation is 2. The smallest absolute Gasteiger partial charge is 0.264 e. The molecular formula is C21H22N2O4S. The molecule has 2 amide bonds. The maximum absolute atomic E-state index is 12.4. The van der Waals surface area contributed by atoms with Gasteiger partial charge in [0.1, 0.15) is 5.75 Å². The van der Waals surface area contributed by atoms with Crippen molar-refractivity contribution in [2.24, 2.45) is 0 Å². The van der Waals surface area contributed by atoms with E-state index in [1.54, 1.807) is 25.2 Å². The summed E-state index contributed by atoms with van der Waals surface area (Å²) in [6, 6.07) is 10.8. The molecular weight excluding hydrogens is 376 g/mol. The van der Waals surface area contributed by atoms with Gasteiger partial charge in [0.25, 0.3) is 5.91 Å². The van der Waals surface area contributed by atoms with E-state index in [1.165, 1.54) is 22.2 Å². The van der Waals surface area contributed by atoms with Crippen LogP contribution in [0.1, 0.15) is 21.5 Å². The van der Waals surface area contributed by atoms with Crippen LogP contribution in [0.15, 0.2) is 36.4 Å². The first-order valence-corrected chi connectivity index (χ1v) is 10.0. The van der Waals surface area contributed by atoms with Crippen LogP contribution in [0.25, 0.3) is 0 Å². The van der Waals surface area contributed by atoms with Crippen molar-refractivity contribution in [1.29, 1.82) is 0 Å². The summed E-state index contributed by atoms with van der Waals surface area (Å²) >= 11 is 1.26. The molecule has 6 nitrogen and oxygen atoms in total. The van der Waals surface area contributed by atoms with Gasteiger partial charge in [-0.2, -0.15) is 0 Å². The fourth-order valence-electron chi connectivity index (χ4n) is 2.78. The third-order valence-electron chi connectivity index (χ3n) is 4.62. The molecule has 0 saturated heterocycles. The molecule has 1 N–H and O–H groups in total. The van der Waals surface area contributed by atoms with Crippen molar-refractivity contribution in [2.75, 3.05) is 35.4 Å². The van der Waals surface area contributed by atoms with Crippen molar-refractivity contribution >= 4 is 40.7 Å². The van der Waals surface area contributed by atoms with Crippen molar-refractivity contribution in [3.8, 4) is 5.75 Å². The van der Waals surface area contributed by atoms with Gasteiger partial charge in [0.05, 0.1) is 17.2 Å². The minimum absolute atomic E-state index is 0.00225. The summed E-state index contributed by atoms with van der Waals surface area (Å²) in [5.74, 6) is 0.542. The van der Waals surface area contributed by atoms with Crippen molar-refractivity contribution in [3.05, 3.63) is 53.1 Å². The average Bonchev–Trinajstić information content (AvgIpc) is 2.67. The fourth-order valence-corrected chi connectivity index (χ4v) is 3.49. The highest BCUT2D eigenvalue weighted by Gasteiger charge is 2.23. The van der Waals surface area contributed by atoms with E-state index in [4.69, 9.17) is 4.74 Å². The van der Waals surface area contributed by atoms with Gasteiger partial charge in [-0.05, 0) is 55.3 Å². The second-order valence-corrected chi connectivity index (χ2v) is 7.67. The standard InChI is InChI=1S/C21H22N2O4S/c1-13-4-6-16(8-14(13)2)22-20(25)12-28-11-18(24)15-5-7-19-17(9-15)23(3)21(26)10-27-19/h4-9H,10-12H2,1-3H3,(H,22,25). The number of carbonyl (C=O) groups excluding carboxylic acids is 3. The molecule has 0 aromatic heterocycles. The lowest BCUT2D eigenvalue weighted by molar-refractivity contribution is -0.121. The number of carbonyl (C=O) groups is 3. The van der Waals surface area contributed by atoms with Gasteiger partial charge < -0.3 is 15.0 Å². The predicted molar refractivity (Wildman–Crippen MR) is 112 cm³/mol. The van der Waals surface area contributed by atoms with E-state index in [9.17, 15) is 14.4 Å². The van der Waals surface area contributed by atoms with Gasteiger partial charge in [-0.3, -0.25) is 14.4 Å². The van der Waals surface area contributed by atoms with E-state index in [1.807, 2.05) is 32.0 Å². The topological polar surface area (TPSA) is 75.7 Å². The number of nitrogens with zero attached hydrogens (tertiary/aromatic N) is 1. The van der Waals surface area contributed by atoms with Gasteiger partial charge >= 0.3 is 0 Å². The van der Waals surface area contributed by atoms with E-state index in [0.29, 0.717) is 17.0 Å². The molecule has 7 heteroatoms. The number of hydrogen-bond donors (Lipinski definition) is 1. The van der Waals surface area contributed by atoms with Crippen LogP contribution in [-0.4, -0.2) is 42.8 Å². The number of ketones is 1. The fraction of sp³-hybridized carbons (Fsp3) is 0.286. The lowest BCUT2D eigenvalue weighted by Crippen LogP contribution is -2.35. The molecule has 146 valence electrons. The summed E-state index contributed by atoms with van der Waals surface area (Å²) in [5, 5.41) is 2.84. The molecule has 0 atom stereocenters. The van der Waals surface area contributed by atoms with Gasteiger partial charge in [0.15, 0.2) is 12.4 Å². The molecule has 1 aliphatic rings. The van der Waals surface area contributed by atoms with Crippen molar-refractivity contribution < 1.29 is 19.1 Å². The Bertz CT molecular complexity index is 942. The highest BCUT2D eigenvalue weighted by atomic mass is 32.2. The van der Waals surface area contributed by atoms with E-state index < -0.39 is 0 Å². The molecule has 3 rings (SSSR count). The van der Waals surface area contributed by atoms with Crippen molar-refractivity contribution in [1.82, 2.24) is 0 Å². The van der Waals surface area contributed by atoms with Gasteiger partial charge in [-0.1, -0.05) is 6.07 Å². The number of anilines is 2. The second kappa shape index (κ2) is 8.48. The summed E-state index contributed by atoms with van der Waals surface area (Å²) in [7, 11) is 1.66. The van der Waals surface area contributed by atoms with E-state index >= 15 is 0 Å². The summed E-state index contributed by atoms with van der Waals surface area (Å²) in [6.45, 7) is 4.01. The van der Waals surface area contributed by atoms with Gasteiger partial charge in [0.2, 0.25) is 5.91 Å². The zero-order chi connectivity index (χ0) is 20.3. The van der Waals surface area contributed by atoms with E-state index in [-0.39, 0.29) is 35.7 Å². The Morgan fingerprint density at radius 2 is 1.89 bits per heavy atom. The van der Waals surface area contributed by atoms with E-state index in [0.717, 1.165) is 11.3 Å². The maximum atomic E-state index is 12.4. The number of ether oxygens (including phenoxy) is 1. The molecule has 0 fully saturated rings. The lowest BCUT2D eigenvalue weighted by Gasteiger charge is -2.26. The number of amides is 2. The minimum atomic E-state index is -0.158. The Hall–Kier alpha value is -2.80. The summed E-state index contributed by atoms with van der Waals surface area (Å²) in [5.41, 5.74) is 4.11. The Morgan fingerprint density at radius 3 is 2.64 bits per heavy atom. The van der Waals surface area contributed by atoms with Crippen LogP contribution in [0.3, 0.4) is 0 Å². The largest absolute Gasteiger partial charge is 0.482 e. The first-order valence-electron chi connectivity index (χ1n) is 8.86.